The van der Waals surface area contributed by atoms with Crippen molar-refractivity contribution in [3.05, 3.63) is 60.0 Å². The van der Waals surface area contributed by atoms with Gasteiger partial charge in [-0.1, -0.05) is 25.8 Å². The van der Waals surface area contributed by atoms with Crippen LogP contribution in [0, 0.1) is 5.41 Å². The number of sulfonamides is 1. The zero-order valence-electron chi connectivity index (χ0n) is 18.7. The molecule has 1 fully saturated rings. The van der Waals surface area contributed by atoms with Crippen LogP contribution in [0.15, 0.2) is 64.9 Å². The summed E-state index contributed by atoms with van der Waals surface area (Å²) >= 11 is 0. The van der Waals surface area contributed by atoms with Crippen LogP contribution in [0.1, 0.15) is 32.6 Å². The number of nitrogens with one attached hydrogen (secondary N) is 1. The molecule has 2 aliphatic rings. The fourth-order valence-electron chi connectivity index (χ4n) is 3.84. The third kappa shape index (κ3) is 5.00. The van der Waals surface area contributed by atoms with Crippen LogP contribution in [0.3, 0.4) is 0 Å². The number of methoxy groups -OCH3 is 2. The number of carbonyl (C=O) groups excluding carboxylic acids is 3. The van der Waals surface area contributed by atoms with E-state index in [2.05, 4.69) is 4.72 Å². The third-order valence-corrected chi connectivity index (χ3v) is 7.14. The van der Waals surface area contributed by atoms with E-state index in [4.69, 9.17) is 9.47 Å². The molecule has 176 valence electrons. The maximum atomic E-state index is 12.8. The molecule has 1 aromatic rings. The lowest BCUT2D eigenvalue weighted by molar-refractivity contribution is -0.139. The van der Waals surface area contributed by atoms with Crippen LogP contribution in [0.4, 0.5) is 5.69 Å². The minimum Gasteiger partial charge on any atom is -0.465 e. The van der Waals surface area contributed by atoms with Crippen molar-refractivity contribution >= 4 is 33.6 Å². The first-order valence-electron chi connectivity index (χ1n) is 10.4. The van der Waals surface area contributed by atoms with Crippen LogP contribution in [-0.2, 0) is 33.9 Å². The van der Waals surface area contributed by atoms with E-state index in [1.807, 2.05) is 0 Å². The number of nitrogens with zero attached hydrogens (tertiary/aromatic N) is 1. The lowest BCUT2D eigenvalue weighted by Crippen LogP contribution is -2.40. The number of hydrogen-bond donors (Lipinski definition) is 1. The van der Waals surface area contributed by atoms with Crippen LogP contribution in [0.2, 0.25) is 0 Å². The predicted octanol–water partition coefficient (Wildman–Crippen LogP) is 2.56. The highest BCUT2D eigenvalue weighted by Crippen LogP contribution is 2.38. The van der Waals surface area contributed by atoms with Gasteiger partial charge in [-0.2, -0.15) is 0 Å². The predicted molar refractivity (Wildman–Crippen MR) is 120 cm³/mol. The second kappa shape index (κ2) is 9.62. The lowest BCUT2D eigenvalue weighted by Gasteiger charge is -2.24. The van der Waals surface area contributed by atoms with E-state index in [-0.39, 0.29) is 16.2 Å². The van der Waals surface area contributed by atoms with Crippen LogP contribution in [-0.4, -0.2) is 40.5 Å². The lowest BCUT2D eigenvalue weighted by atomic mass is 9.88. The summed E-state index contributed by atoms with van der Waals surface area (Å²) < 4.78 is 37.3. The van der Waals surface area contributed by atoms with E-state index >= 15 is 0 Å². The first-order valence-corrected chi connectivity index (χ1v) is 11.8. The molecule has 0 aromatic heterocycles. The minimum atomic E-state index is -4.08. The fraction of sp³-hybridized carbons (Fsp3) is 0.348. The van der Waals surface area contributed by atoms with Gasteiger partial charge in [0, 0.05) is 17.3 Å². The van der Waals surface area contributed by atoms with Crippen molar-refractivity contribution in [1.29, 1.82) is 0 Å². The summed E-state index contributed by atoms with van der Waals surface area (Å²) in [7, 11) is -1.70. The molecule has 33 heavy (non-hydrogen) atoms. The number of benzene rings is 1. The largest absolute Gasteiger partial charge is 0.465 e. The van der Waals surface area contributed by atoms with Gasteiger partial charge in [0.1, 0.15) is 5.70 Å². The van der Waals surface area contributed by atoms with Crippen molar-refractivity contribution in [1.82, 2.24) is 4.72 Å². The zero-order valence-corrected chi connectivity index (χ0v) is 19.5. The van der Waals surface area contributed by atoms with E-state index in [0.717, 1.165) is 12.8 Å². The molecule has 0 saturated heterocycles. The molecule has 10 heteroatoms. The first-order chi connectivity index (χ1) is 15.6. The van der Waals surface area contributed by atoms with Crippen molar-refractivity contribution in [2.24, 2.45) is 5.41 Å². The Morgan fingerprint density at radius 3 is 2.15 bits per heavy atom. The van der Waals surface area contributed by atoms with E-state index in [0.29, 0.717) is 18.5 Å². The quantitative estimate of drug-likeness (QED) is 0.625. The van der Waals surface area contributed by atoms with Gasteiger partial charge < -0.3 is 14.4 Å². The van der Waals surface area contributed by atoms with Gasteiger partial charge in [-0.25, -0.2) is 22.7 Å². The highest BCUT2D eigenvalue weighted by molar-refractivity contribution is 7.90. The number of carbonyl (C=O) groups is 3. The molecule has 0 bridgehead atoms. The minimum absolute atomic E-state index is 0.0249. The molecule has 1 aromatic carbocycles. The summed E-state index contributed by atoms with van der Waals surface area (Å²) in [4.78, 5) is 38.6. The normalized spacial score (nSPS) is 17.5. The van der Waals surface area contributed by atoms with E-state index in [1.54, 1.807) is 19.1 Å². The zero-order chi connectivity index (χ0) is 24.2. The average Bonchev–Trinajstić information content (AvgIpc) is 3.14. The SMILES string of the molecule is COC(=O)C1=C(C(=O)OC)N(c2ccc(S(=O)(=O)NC(=O)C3(C)CCCC3)cc2)C=CC=C1. The maximum absolute atomic E-state index is 12.8. The van der Waals surface area contributed by atoms with Crippen molar-refractivity contribution in [2.75, 3.05) is 19.1 Å². The summed E-state index contributed by atoms with van der Waals surface area (Å²) in [6.45, 7) is 1.77. The Morgan fingerprint density at radius 2 is 1.58 bits per heavy atom. The molecule has 0 unspecified atom stereocenters. The van der Waals surface area contributed by atoms with Crippen molar-refractivity contribution in [3.63, 3.8) is 0 Å². The molecule has 1 aliphatic carbocycles. The topological polar surface area (TPSA) is 119 Å². The summed E-state index contributed by atoms with van der Waals surface area (Å²) in [5.74, 6) is -2.02. The van der Waals surface area contributed by atoms with Crippen molar-refractivity contribution in [3.8, 4) is 0 Å². The molecule has 0 radical (unpaired) electrons. The van der Waals surface area contributed by atoms with Gasteiger partial charge in [0.2, 0.25) is 5.91 Å². The second-order valence-electron chi connectivity index (χ2n) is 8.01. The monoisotopic (exact) mass is 474 g/mol. The van der Waals surface area contributed by atoms with Crippen molar-refractivity contribution in [2.45, 2.75) is 37.5 Å². The van der Waals surface area contributed by atoms with Crippen LogP contribution < -0.4 is 9.62 Å². The Labute approximate surface area is 192 Å². The molecule has 1 aliphatic heterocycles. The summed E-state index contributed by atoms with van der Waals surface area (Å²) in [5.41, 5.74) is -0.415. The number of rotatable bonds is 6. The Kier molecular flexibility index (Phi) is 7.06. The summed E-state index contributed by atoms with van der Waals surface area (Å²) in [6.07, 6.45) is 9.19. The van der Waals surface area contributed by atoms with E-state index in [1.165, 1.54) is 55.7 Å². The fourth-order valence-corrected chi connectivity index (χ4v) is 4.94. The molecule has 0 atom stereocenters. The van der Waals surface area contributed by atoms with Gasteiger partial charge in [0.25, 0.3) is 10.0 Å². The molecule has 3 rings (SSSR count). The molecule has 1 amide bonds. The van der Waals surface area contributed by atoms with Gasteiger partial charge in [-0.3, -0.25) is 4.79 Å². The van der Waals surface area contributed by atoms with E-state index in [9.17, 15) is 22.8 Å². The molecule has 1 heterocycles. The van der Waals surface area contributed by atoms with Gasteiger partial charge in [-0.15, -0.1) is 0 Å². The Balaban J connectivity index is 1.92. The first kappa shape index (κ1) is 24.2. The molecule has 1 N–H and O–H groups in total. The molecular formula is C23H26N2O7S. The van der Waals surface area contributed by atoms with Gasteiger partial charge in [-0.05, 0) is 49.3 Å². The number of allylic oxidation sites excluding steroid dienone is 2. The van der Waals surface area contributed by atoms with Crippen molar-refractivity contribution < 1.29 is 32.3 Å². The Morgan fingerprint density at radius 1 is 0.970 bits per heavy atom. The van der Waals surface area contributed by atoms with Crippen LogP contribution in [0.25, 0.3) is 0 Å². The average molecular weight is 475 g/mol. The smallest absolute Gasteiger partial charge is 0.355 e. The van der Waals surface area contributed by atoms with Crippen LogP contribution >= 0.6 is 0 Å². The standard InChI is InChI=1S/C23H26N2O7S/c1-23(13-5-6-14-23)22(28)24-33(29,30)17-11-9-16(10-12-17)25-15-7-4-8-18(20(26)31-2)19(25)21(27)32-3/h4,7-12,15H,5-6,13-14H2,1-3H3,(H,24,28). The van der Waals surface area contributed by atoms with E-state index < -0.39 is 33.3 Å². The Hall–Kier alpha value is -3.40. The number of anilines is 1. The van der Waals surface area contributed by atoms with Gasteiger partial charge in [0.05, 0.1) is 24.7 Å². The second-order valence-corrected chi connectivity index (χ2v) is 9.69. The van der Waals surface area contributed by atoms with Gasteiger partial charge >= 0.3 is 11.9 Å². The maximum Gasteiger partial charge on any atom is 0.355 e. The number of amides is 1. The number of esters is 2. The highest BCUT2D eigenvalue weighted by Gasteiger charge is 2.38. The Bertz CT molecular complexity index is 1140. The molecule has 9 nitrogen and oxygen atoms in total. The van der Waals surface area contributed by atoms with Gasteiger partial charge in [0.15, 0.2) is 0 Å². The number of ether oxygens (including phenoxy) is 2. The summed E-state index contributed by atoms with van der Waals surface area (Å²) in [6, 6.07) is 5.56. The summed E-state index contributed by atoms with van der Waals surface area (Å²) in [5, 5.41) is 0. The highest BCUT2D eigenvalue weighted by atomic mass is 32.2. The molecule has 0 spiro atoms. The van der Waals surface area contributed by atoms with Crippen LogP contribution in [0.5, 0.6) is 0 Å². The number of hydrogen-bond acceptors (Lipinski definition) is 8. The molecular weight excluding hydrogens is 448 g/mol. The molecule has 1 saturated carbocycles. The third-order valence-electron chi connectivity index (χ3n) is 5.80.